The molecule has 0 saturated carbocycles. The number of aryl methyl sites for hydroxylation is 1. The lowest BCUT2D eigenvalue weighted by Crippen LogP contribution is -2.11. The molecule has 2 aromatic rings. The van der Waals surface area contributed by atoms with Crippen LogP contribution >= 0.6 is 0 Å². The van der Waals surface area contributed by atoms with Crippen molar-refractivity contribution in [2.45, 2.75) is 52.4 Å². The average molecular weight is 356 g/mol. The SMILES string of the molecule is CCCCCCCOc1cccc(NCCOc2ccc(CC)cc2)c1. The normalized spacial score (nSPS) is 10.5. The minimum atomic E-state index is 0.633. The molecule has 0 bridgehead atoms. The molecule has 0 aliphatic heterocycles. The Hall–Kier alpha value is -2.16. The predicted octanol–water partition coefficient (Wildman–Crippen LogP) is 6.09. The second kappa shape index (κ2) is 12.2. The first-order chi connectivity index (χ1) is 12.8. The maximum Gasteiger partial charge on any atom is 0.121 e. The van der Waals surface area contributed by atoms with E-state index in [1.807, 2.05) is 24.3 Å². The Labute approximate surface area is 158 Å². The van der Waals surface area contributed by atoms with Crippen molar-refractivity contribution in [3.8, 4) is 11.5 Å². The summed E-state index contributed by atoms with van der Waals surface area (Å²) in [5, 5.41) is 3.39. The van der Waals surface area contributed by atoms with Gasteiger partial charge in [0.25, 0.3) is 0 Å². The van der Waals surface area contributed by atoms with Crippen LogP contribution in [0.1, 0.15) is 51.5 Å². The summed E-state index contributed by atoms with van der Waals surface area (Å²) in [6.45, 7) is 6.58. The molecule has 0 radical (unpaired) electrons. The lowest BCUT2D eigenvalue weighted by Gasteiger charge is -2.11. The Balaban J connectivity index is 1.64. The third kappa shape index (κ3) is 7.81. The van der Waals surface area contributed by atoms with E-state index in [0.717, 1.165) is 43.2 Å². The van der Waals surface area contributed by atoms with Gasteiger partial charge >= 0.3 is 0 Å². The van der Waals surface area contributed by atoms with Crippen LogP contribution in [0.5, 0.6) is 11.5 Å². The van der Waals surface area contributed by atoms with Gasteiger partial charge in [-0.2, -0.15) is 0 Å². The monoisotopic (exact) mass is 355 g/mol. The number of nitrogens with one attached hydrogen (secondary N) is 1. The van der Waals surface area contributed by atoms with Gasteiger partial charge in [0.15, 0.2) is 0 Å². The highest BCUT2D eigenvalue weighted by molar-refractivity contribution is 5.48. The summed E-state index contributed by atoms with van der Waals surface area (Å²) in [7, 11) is 0. The predicted molar refractivity (Wildman–Crippen MR) is 111 cm³/mol. The summed E-state index contributed by atoms with van der Waals surface area (Å²) in [6, 6.07) is 16.5. The Morgan fingerprint density at radius 3 is 2.31 bits per heavy atom. The van der Waals surface area contributed by atoms with E-state index in [1.165, 1.54) is 31.2 Å². The summed E-state index contributed by atoms with van der Waals surface area (Å²) in [4.78, 5) is 0. The molecule has 1 N–H and O–H groups in total. The molecule has 0 aromatic heterocycles. The minimum Gasteiger partial charge on any atom is -0.494 e. The first-order valence-corrected chi connectivity index (χ1v) is 10.00. The van der Waals surface area contributed by atoms with Crippen molar-refractivity contribution in [3.63, 3.8) is 0 Å². The first-order valence-electron chi connectivity index (χ1n) is 10.00. The second-order valence-electron chi connectivity index (χ2n) is 6.56. The van der Waals surface area contributed by atoms with E-state index in [1.54, 1.807) is 0 Å². The van der Waals surface area contributed by atoms with E-state index in [4.69, 9.17) is 9.47 Å². The molecule has 3 heteroatoms. The lowest BCUT2D eigenvalue weighted by atomic mass is 10.2. The molecule has 0 unspecified atom stereocenters. The van der Waals surface area contributed by atoms with Crippen LogP contribution in [0.4, 0.5) is 5.69 Å². The molecular formula is C23H33NO2. The first kappa shape index (κ1) is 20.2. The van der Waals surface area contributed by atoms with Crippen LogP contribution in [0.25, 0.3) is 0 Å². The van der Waals surface area contributed by atoms with Gasteiger partial charge in [0.2, 0.25) is 0 Å². The molecule has 0 atom stereocenters. The van der Waals surface area contributed by atoms with Crippen LogP contribution in [0, 0.1) is 0 Å². The standard InChI is InChI=1S/C23H33NO2/c1-3-5-6-7-8-17-25-23-11-9-10-21(19-23)24-16-18-26-22-14-12-20(4-2)13-15-22/h9-15,19,24H,3-8,16-18H2,1-2H3. The Morgan fingerprint density at radius 2 is 1.54 bits per heavy atom. The van der Waals surface area contributed by atoms with Crippen molar-refractivity contribution in [3.05, 3.63) is 54.1 Å². The van der Waals surface area contributed by atoms with E-state index < -0.39 is 0 Å². The molecule has 2 aromatic carbocycles. The fraction of sp³-hybridized carbons (Fsp3) is 0.478. The summed E-state index contributed by atoms with van der Waals surface area (Å²) in [6.07, 6.45) is 7.35. The zero-order chi connectivity index (χ0) is 18.5. The van der Waals surface area contributed by atoms with Crippen molar-refractivity contribution >= 4 is 5.69 Å². The quantitative estimate of drug-likeness (QED) is 0.441. The molecule has 0 aliphatic carbocycles. The fourth-order valence-electron chi connectivity index (χ4n) is 2.78. The van der Waals surface area contributed by atoms with Crippen LogP contribution in [0.2, 0.25) is 0 Å². The van der Waals surface area contributed by atoms with E-state index in [2.05, 4.69) is 43.4 Å². The molecule has 3 nitrogen and oxygen atoms in total. The highest BCUT2D eigenvalue weighted by Gasteiger charge is 1.98. The fourth-order valence-corrected chi connectivity index (χ4v) is 2.78. The number of hydrogen-bond acceptors (Lipinski definition) is 3. The van der Waals surface area contributed by atoms with E-state index >= 15 is 0 Å². The molecule has 0 heterocycles. The summed E-state index contributed by atoms with van der Waals surface area (Å²) in [5.74, 6) is 1.85. The van der Waals surface area contributed by atoms with Gasteiger partial charge in [-0.1, -0.05) is 57.7 Å². The third-order valence-electron chi connectivity index (χ3n) is 4.38. The Kier molecular flexibility index (Phi) is 9.48. The molecule has 2 rings (SSSR count). The number of hydrogen-bond donors (Lipinski definition) is 1. The number of anilines is 1. The highest BCUT2D eigenvalue weighted by Crippen LogP contribution is 2.18. The molecule has 0 amide bonds. The third-order valence-corrected chi connectivity index (χ3v) is 4.38. The van der Waals surface area contributed by atoms with Crippen molar-refractivity contribution in [1.29, 1.82) is 0 Å². The van der Waals surface area contributed by atoms with Crippen LogP contribution < -0.4 is 14.8 Å². The Bertz CT molecular complexity index is 610. The van der Waals surface area contributed by atoms with Crippen molar-refractivity contribution in [2.75, 3.05) is 25.1 Å². The highest BCUT2D eigenvalue weighted by atomic mass is 16.5. The molecule has 142 valence electrons. The van der Waals surface area contributed by atoms with Crippen LogP contribution in [-0.4, -0.2) is 19.8 Å². The molecule has 0 fully saturated rings. The van der Waals surface area contributed by atoms with Gasteiger partial charge in [-0.15, -0.1) is 0 Å². The van der Waals surface area contributed by atoms with Gasteiger partial charge in [-0.25, -0.2) is 0 Å². The van der Waals surface area contributed by atoms with Crippen LogP contribution in [0.3, 0.4) is 0 Å². The van der Waals surface area contributed by atoms with Gasteiger partial charge < -0.3 is 14.8 Å². The van der Waals surface area contributed by atoms with Gasteiger partial charge in [0.05, 0.1) is 6.61 Å². The molecule has 0 aliphatic rings. The number of benzene rings is 2. The summed E-state index contributed by atoms with van der Waals surface area (Å²) >= 11 is 0. The van der Waals surface area contributed by atoms with E-state index in [0.29, 0.717) is 6.61 Å². The summed E-state index contributed by atoms with van der Waals surface area (Å²) < 4.78 is 11.6. The number of rotatable bonds is 13. The lowest BCUT2D eigenvalue weighted by molar-refractivity contribution is 0.304. The van der Waals surface area contributed by atoms with Crippen LogP contribution in [0.15, 0.2) is 48.5 Å². The molecule has 0 spiro atoms. The second-order valence-corrected chi connectivity index (χ2v) is 6.56. The molecule has 0 saturated heterocycles. The topological polar surface area (TPSA) is 30.5 Å². The number of unbranched alkanes of at least 4 members (excludes halogenated alkanes) is 4. The average Bonchev–Trinajstić information content (AvgIpc) is 2.69. The van der Waals surface area contributed by atoms with Crippen molar-refractivity contribution in [1.82, 2.24) is 0 Å². The zero-order valence-corrected chi connectivity index (χ0v) is 16.3. The van der Waals surface area contributed by atoms with E-state index in [9.17, 15) is 0 Å². The largest absolute Gasteiger partial charge is 0.494 e. The maximum absolute atomic E-state index is 5.85. The number of ether oxygens (including phenoxy) is 2. The zero-order valence-electron chi connectivity index (χ0n) is 16.3. The van der Waals surface area contributed by atoms with Gasteiger partial charge in [-0.05, 0) is 42.7 Å². The van der Waals surface area contributed by atoms with E-state index in [-0.39, 0.29) is 0 Å². The van der Waals surface area contributed by atoms with Gasteiger partial charge in [-0.3, -0.25) is 0 Å². The maximum atomic E-state index is 5.85. The van der Waals surface area contributed by atoms with Gasteiger partial charge in [0, 0.05) is 18.3 Å². The van der Waals surface area contributed by atoms with Gasteiger partial charge in [0.1, 0.15) is 18.1 Å². The minimum absolute atomic E-state index is 0.633. The van der Waals surface area contributed by atoms with Crippen molar-refractivity contribution < 1.29 is 9.47 Å². The molecule has 26 heavy (non-hydrogen) atoms. The van der Waals surface area contributed by atoms with Crippen molar-refractivity contribution in [2.24, 2.45) is 0 Å². The Morgan fingerprint density at radius 1 is 0.769 bits per heavy atom. The smallest absolute Gasteiger partial charge is 0.121 e. The summed E-state index contributed by atoms with van der Waals surface area (Å²) in [5.41, 5.74) is 2.40. The van der Waals surface area contributed by atoms with Crippen LogP contribution in [-0.2, 0) is 6.42 Å². The molecular weight excluding hydrogens is 322 g/mol.